The van der Waals surface area contributed by atoms with Crippen LogP contribution in [0.1, 0.15) is 0 Å². The quantitative estimate of drug-likeness (QED) is 0.202. The second-order valence-electron chi connectivity index (χ2n) is 1.26. The fourth-order valence-electron chi connectivity index (χ4n) is 0.0577. The number of aliphatic hydroxyl groups excluding tert-OH is 3. The Bertz CT molecular complexity index is 82.7. The van der Waals surface area contributed by atoms with Crippen LogP contribution >= 0.6 is 0 Å². The largest absolute Gasteiger partial charge is 1.00 e. The van der Waals surface area contributed by atoms with Gasteiger partial charge < -0.3 is 26.0 Å². The van der Waals surface area contributed by atoms with Gasteiger partial charge in [0.15, 0.2) is 0 Å². The Morgan fingerprint density at radius 1 is 1.33 bits per heavy atom. The molecule has 0 unspecified atom stereocenters. The van der Waals surface area contributed by atoms with Crippen molar-refractivity contribution < 1.29 is 82.5 Å². The first-order valence-corrected chi connectivity index (χ1v) is 2.27. The van der Waals surface area contributed by atoms with E-state index in [9.17, 15) is 0 Å². The average molecular weight is 211 g/mol. The van der Waals surface area contributed by atoms with E-state index in [1.54, 1.807) is 0 Å². The molecular formula is C3H10KNO7. The molecule has 0 aliphatic rings. The molecule has 0 fully saturated rings. The van der Waals surface area contributed by atoms with Crippen LogP contribution in [0, 0.1) is 10.1 Å². The number of nitrogens with zero attached hydrogens (tertiary/aromatic N) is 1. The van der Waals surface area contributed by atoms with Gasteiger partial charge in [-0.3, -0.25) is 0 Å². The Balaban J connectivity index is -0.0000000483. The Morgan fingerprint density at radius 3 is 1.50 bits per heavy atom. The molecule has 0 spiro atoms. The first kappa shape index (κ1) is 23.0. The van der Waals surface area contributed by atoms with E-state index >= 15 is 0 Å². The molecule has 9 heteroatoms. The molecule has 0 radical (unpaired) electrons. The summed E-state index contributed by atoms with van der Waals surface area (Å²) in [4.78, 5) is 8.36. The second-order valence-corrected chi connectivity index (χ2v) is 1.26. The maximum Gasteiger partial charge on any atom is 1.00 e. The summed E-state index contributed by atoms with van der Waals surface area (Å²) in [6.45, 7) is -0.729. The number of hydrogen-bond donors (Lipinski definition) is 4. The van der Waals surface area contributed by atoms with Crippen LogP contribution in [0.15, 0.2) is 0 Å². The topological polar surface area (TPSA) is 154 Å². The smallest absolute Gasteiger partial charge is 0.870 e. The zero-order chi connectivity index (χ0) is 8.57. The molecule has 0 saturated heterocycles. The fourth-order valence-corrected chi connectivity index (χ4v) is 0.0577. The third-order valence-corrected chi connectivity index (χ3v) is 0.421. The van der Waals surface area contributed by atoms with Crippen LogP contribution in [0.5, 0.6) is 0 Å². The van der Waals surface area contributed by atoms with Gasteiger partial charge in [-0.2, -0.15) is 0 Å². The van der Waals surface area contributed by atoms with Crippen molar-refractivity contribution in [3.8, 4) is 0 Å². The van der Waals surface area contributed by atoms with Crippen molar-refractivity contribution >= 4 is 0 Å². The van der Waals surface area contributed by atoms with Crippen molar-refractivity contribution in [3.05, 3.63) is 10.1 Å². The molecule has 0 aromatic heterocycles. The van der Waals surface area contributed by atoms with Gasteiger partial charge in [0.1, 0.15) is 6.10 Å². The summed E-state index contributed by atoms with van der Waals surface area (Å²) in [5.41, 5.74) is 0. The minimum atomic E-state index is -1.50. The van der Waals surface area contributed by atoms with E-state index in [2.05, 4.69) is 0 Å². The molecule has 12 heavy (non-hydrogen) atoms. The van der Waals surface area contributed by atoms with Crippen molar-refractivity contribution in [2.45, 2.75) is 6.10 Å². The monoisotopic (exact) mass is 211 g/mol. The SMILES string of the molecule is O=[N+]([O-])O.OCC(O)CO.[K+].[OH-]. The van der Waals surface area contributed by atoms with Crippen LogP contribution in [-0.4, -0.2) is 50.4 Å². The van der Waals surface area contributed by atoms with Crippen LogP contribution < -0.4 is 51.4 Å². The molecule has 0 saturated carbocycles. The Hall–Kier alpha value is 0.676. The maximum atomic E-state index is 8.36. The first-order valence-electron chi connectivity index (χ1n) is 2.27. The van der Waals surface area contributed by atoms with Crippen LogP contribution in [0.3, 0.4) is 0 Å². The van der Waals surface area contributed by atoms with Crippen LogP contribution in [0.4, 0.5) is 0 Å². The van der Waals surface area contributed by atoms with Crippen LogP contribution in [0.2, 0.25) is 0 Å². The minimum absolute atomic E-state index is 0. The van der Waals surface area contributed by atoms with Gasteiger partial charge in [-0.25, -0.2) is 0 Å². The van der Waals surface area contributed by atoms with Gasteiger partial charge >= 0.3 is 51.4 Å². The third-order valence-electron chi connectivity index (χ3n) is 0.421. The molecule has 0 aliphatic carbocycles. The third kappa shape index (κ3) is 45.7. The van der Waals surface area contributed by atoms with E-state index in [1.165, 1.54) is 0 Å². The van der Waals surface area contributed by atoms with Crippen molar-refractivity contribution in [3.63, 3.8) is 0 Å². The zero-order valence-electron chi connectivity index (χ0n) is 6.49. The number of hydrogen-bond acceptors (Lipinski definition) is 6. The van der Waals surface area contributed by atoms with Crippen molar-refractivity contribution in [1.29, 1.82) is 0 Å². The summed E-state index contributed by atoms with van der Waals surface area (Å²) in [6.07, 6.45) is -0.954. The fraction of sp³-hybridized carbons (Fsp3) is 1.00. The van der Waals surface area contributed by atoms with Gasteiger partial charge in [0.05, 0.1) is 13.2 Å². The molecule has 0 heterocycles. The van der Waals surface area contributed by atoms with E-state index in [1.807, 2.05) is 0 Å². The Morgan fingerprint density at radius 2 is 1.50 bits per heavy atom. The number of rotatable bonds is 2. The van der Waals surface area contributed by atoms with Crippen molar-refractivity contribution in [2.75, 3.05) is 13.2 Å². The first-order chi connectivity index (χ1) is 4.54. The molecule has 0 bridgehead atoms. The van der Waals surface area contributed by atoms with Crippen molar-refractivity contribution in [1.82, 2.24) is 0 Å². The molecule has 0 atom stereocenters. The molecule has 0 aromatic carbocycles. The zero-order valence-corrected chi connectivity index (χ0v) is 9.61. The summed E-state index contributed by atoms with van der Waals surface area (Å²) in [5, 5.41) is 37.7. The van der Waals surface area contributed by atoms with Gasteiger partial charge in [-0.05, 0) is 0 Å². The second kappa shape index (κ2) is 17.7. The van der Waals surface area contributed by atoms with Gasteiger partial charge in [-0.1, -0.05) is 0 Å². The van der Waals surface area contributed by atoms with Gasteiger partial charge in [0.2, 0.25) is 0 Å². The van der Waals surface area contributed by atoms with E-state index < -0.39 is 11.2 Å². The van der Waals surface area contributed by atoms with E-state index in [-0.39, 0.29) is 70.1 Å². The van der Waals surface area contributed by atoms with E-state index in [4.69, 9.17) is 30.6 Å². The molecule has 0 rings (SSSR count). The predicted molar refractivity (Wildman–Crippen MR) is 30.9 cm³/mol. The minimum Gasteiger partial charge on any atom is -0.870 e. The van der Waals surface area contributed by atoms with Crippen molar-refractivity contribution in [2.24, 2.45) is 0 Å². The summed E-state index contributed by atoms with van der Waals surface area (Å²) in [5.74, 6) is 0. The molecule has 8 nitrogen and oxygen atoms in total. The average Bonchev–Trinajstić information content (AvgIpc) is 1.85. The number of aliphatic hydroxyl groups is 3. The normalized spacial score (nSPS) is 7.00. The maximum absolute atomic E-state index is 8.36. The molecule has 0 amide bonds. The standard InChI is InChI=1S/C3H8O3.K.HNO3.H2O/c4-1-3(6)2-5;;2-1(3)4;/h3-6H,1-2H2;;(H,2,3,4);1H2/q;+1;;/p-1. The summed E-state index contributed by atoms with van der Waals surface area (Å²) in [7, 11) is 0. The molecule has 0 aliphatic heterocycles. The van der Waals surface area contributed by atoms with Gasteiger partial charge in [0.25, 0.3) is 5.09 Å². The van der Waals surface area contributed by atoms with E-state index in [0.717, 1.165) is 0 Å². The molecule has 0 aromatic rings. The summed E-state index contributed by atoms with van der Waals surface area (Å²) < 4.78 is 0. The Labute approximate surface area is 111 Å². The molecule has 5 N–H and O–H groups in total. The van der Waals surface area contributed by atoms with Gasteiger partial charge in [0, 0.05) is 0 Å². The van der Waals surface area contributed by atoms with Crippen LogP contribution in [-0.2, 0) is 0 Å². The summed E-state index contributed by atoms with van der Waals surface area (Å²) >= 11 is 0. The Kier molecular flexibility index (Phi) is 33.8. The van der Waals surface area contributed by atoms with Crippen LogP contribution in [0.25, 0.3) is 0 Å². The van der Waals surface area contributed by atoms with Gasteiger partial charge in [-0.15, -0.1) is 10.1 Å². The molecular weight excluding hydrogens is 201 g/mol. The van der Waals surface area contributed by atoms with E-state index in [0.29, 0.717) is 0 Å². The predicted octanol–water partition coefficient (Wildman–Crippen LogP) is -5.19. The summed E-state index contributed by atoms with van der Waals surface area (Å²) in [6, 6.07) is 0. The molecule has 70 valence electrons.